The van der Waals surface area contributed by atoms with Crippen molar-refractivity contribution in [1.29, 1.82) is 0 Å². The second-order valence-corrected chi connectivity index (χ2v) is 6.26. The number of aromatic amines is 1. The summed E-state index contributed by atoms with van der Waals surface area (Å²) >= 11 is 4.96. The molecule has 0 spiro atoms. The van der Waals surface area contributed by atoms with Gasteiger partial charge in [-0.1, -0.05) is 34.1 Å². The Morgan fingerprint density at radius 3 is 3.00 bits per heavy atom. The third-order valence-electron chi connectivity index (χ3n) is 2.83. The minimum atomic E-state index is -0.356. The molecule has 0 aliphatic heterocycles. The lowest BCUT2D eigenvalue weighted by Crippen LogP contribution is -2.17. The first kappa shape index (κ1) is 14.7. The van der Waals surface area contributed by atoms with Gasteiger partial charge in [0.25, 0.3) is 5.91 Å². The minimum Gasteiger partial charge on any atom is -0.276 e. The van der Waals surface area contributed by atoms with Crippen LogP contribution >= 0.6 is 27.3 Å². The Labute approximate surface area is 139 Å². The molecule has 1 amide bonds. The third-order valence-corrected chi connectivity index (χ3v) is 4.22. The predicted molar refractivity (Wildman–Crippen MR) is 91.1 cm³/mol. The second-order valence-electron chi connectivity index (χ2n) is 4.40. The summed E-state index contributed by atoms with van der Waals surface area (Å²) in [6, 6.07) is 13.2. The number of aromatic nitrogens is 2. The molecule has 22 heavy (non-hydrogen) atoms. The zero-order valence-corrected chi connectivity index (χ0v) is 13.7. The average Bonchev–Trinajstić information content (AvgIpc) is 3.18. The van der Waals surface area contributed by atoms with Crippen molar-refractivity contribution >= 4 is 39.4 Å². The van der Waals surface area contributed by atoms with Crippen molar-refractivity contribution in [2.75, 3.05) is 0 Å². The van der Waals surface area contributed by atoms with E-state index in [1.165, 1.54) is 0 Å². The number of carbonyl (C=O) groups excluding carboxylic acids is 1. The van der Waals surface area contributed by atoms with Gasteiger partial charge in [-0.15, -0.1) is 11.3 Å². The van der Waals surface area contributed by atoms with Crippen LogP contribution < -0.4 is 5.43 Å². The van der Waals surface area contributed by atoms with Crippen molar-refractivity contribution in [1.82, 2.24) is 15.6 Å². The standard InChI is InChI=1S/C15H11BrN4OS/c16-11-4-1-3-10(7-11)9-17-20-15(21)13-8-12(18-19-13)14-5-2-6-22-14/h1-9H,(H,18,19)(H,20,21). The van der Waals surface area contributed by atoms with Crippen molar-refractivity contribution < 1.29 is 4.79 Å². The molecular formula is C15H11BrN4OS. The Kier molecular flexibility index (Phi) is 4.45. The number of hydrazone groups is 1. The van der Waals surface area contributed by atoms with E-state index in [1.807, 2.05) is 41.8 Å². The van der Waals surface area contributed by atoms with Gasteiger partial charge in [0, 0.05) is 4.47 Å². The van der Waals surface area contributed by atoms with E-state index >= 15 is 0 Å². The maximum absolute atomic E-state index is 12.0. The van der Waals surface area contributed by atoms with Crippen LogP contribution in [0, 0.1) is 0 Å². The quantitative estimate of drug-likeness (QED) is 0.540. The fraction of sp³-hybridized carbons (Fsp3) is 0. The summed E-state index contributed by atoms with van der Waals surface area (Å²) < 4.78 is 0.954. The van der Waals surface area contributed by atoms with Crippen molar-refractivity contribution in [3.05, 3.63) is 63.6 Å². The maximum atomic E-state index is 12.0. The van der Waals surface area contributed by atoms with Gasteiger partial charge in [-0.2, -0.15) is 10.2 Å². The van der Waals surface area contributed by atoms with E-state index in [2.05, 4.69) is 36.7 Å². The van der Waals surface area contributed by atoms with Crippen LogP contribution in [0.3, 0.4) is 0 Å². The second kappa shape index (κ2) is 6.67. The molecule has 0 aliphatic carbocycles. The summed E-state index contributed by atoms with van der Waals surface area (Å²) in [4.78, 5) is 13.0. The molecule has 0 radical (unpaired) electrons. The molecule has 0 saturated heterocycles. The molecule has 2 aromatic heterocycles. The number of halogens is 1. The molecule has 0 unspecified atom stereocenters. The number of amides is 1. The van der Waals surface area contributed by atoms with Crippen molar-refractivity contribution in [3.63, 3.8) is 0 Å². The van der Waals surface area contributed by atoms with Crippen LogP contribution in [0.1, 0.15) is 16.1 Å². The van der Waals surface area contributed by atoms with E-state index in [9.17, 15) is 4.79 Å². The van der Waals surface area contributed by atoms with Gasteiger partial charge in [0.15, 0.2) is 5.69 Å². The lowest BCUT2D eigenvalue weighted by molar-refractivity contribution is 0.0950. The minimum absolute atomic E-state index is 0.301. The van der Waals surface area contributed by atoms with Gasteiger partial charge in [0.1, 0.15) is 0 Å². The Balaban J connectivity index is 1.65. The van der Waals surface area contributed by atoms with Crippen molar-refractivity contribution in [3.8, 4) is 10.6 Å². The fourth-order valence-corrected chi connectivity index (χ4v) is 2.92. The van der Waals surface area contributed by atoms with Crippen LogP contribution in [0.2, 0.25) is 0 Å². The SMILES string of the molecule is O=C(NN=Cc1cccc(Br)c1)c1cc(-c2cccs2)[nH]n1. The lowest BCUT2D eigenvalue weighted by atomic mass is 10.2. The highest BCUT2D eigenvalue weighted by molar-refractivity contribution is 9.10. The summed E-state index contributed by atoms with van der Waals surface area (Å²) in [6.45, 7) is 0. The van der Waals surface area contributed by atoms with Crippen LogP contribution in [0.25, 0.3) is 10.6 Å². The number of thiophene rings is 1. The van der Waals surface area contributed by atoms with Gasteiger partial charge in [-0.25, -0.2) is 5.43 Å². The number of hydrogen-bond acceptors (Lipinski definition) is 4. The van der Waals surface area contributed by atoms with Gasteiger partial charge in [0.05, 0.1) is 16.8 Å². The number of carbonyl (C=O) groups is 1. The largest absolute Gasteiger partial charge is 0.291 e. The van der Waals surface area contributed by atoms with Gasteiger partial charge >= 0.3 is 0 Å². The molecular weight excluding hydrogens is 364 g/mol. The Bertz CT molecular complexity index is 811. The highest BCUT2D eigenvalue weighted by atomic mass is 79.9. The summed E-state index contributed by atoms with van der Waals surface area (Å²) in [5.74, 6) is -0.356. The third kappa shape index (κ3) is 3.49. The van der Waals surface area contributed by atoms with Gasteiger partial charge in [0.2, 0.25) is 0 Å². The Morgan fingerprint density at radius 2 is 2.23 bits per heavy atom. The molecule has 2 N–H and O–H groups in total. The number of nitrogens with zero attached hydrogens (tertiary/aromatic N) is 2. The Hall–Kier alpha value is -2.25. The van der Waals surface area contributed by atoms with E-state index in [0.29, 0.717) is 5.69 Å². The molecule has 0 saturated carbocycles. The molecule has 3 rings (SSSR count). The van der Waals surface area contributed by atoms with Gasteiger partial charge < -0.3 is 0 Å². The lowest BCUT2D eigenvalue weighted by Gasteiger charge is -1.96. The number of hydrogen-bond donors (Lipinski definition) is 2. The first-order chi connectivity index (χ1) is 10.7. The molecule has 5 nitrogen and oxygen atoms in total. The number of benzene rings is 1. The summed E-state index contributed by atoms with van der Waals surface area (Å²) in [6.07, 6.45) is 1.58. The molecule has 0 bridgehead atoms. The highest BCUT2D eigenvalue weighted by Crippen LogP contribution is 2.22. The predicted octanol–water partition coefficient (Wildman–Crippen LogP) is 3.66. The van der Waals surface area contributed by atoms with E-state index in [-0.39, 0.29) is 5.91 Å². The number of H-pyrrole nitrogens is 1. The number of nitrogens with one attached hydrogen (secondary N) is 2. The molecule has 0 fully saturated rings. The molecule has 1 aromatic carbocycles. The molecule has 110 valence electrons. The van der Waals surface area contributed by atoms with E-state index in [1.54, 1.807) is 23.6 Å². The zero-order chi connectivity index (χ0) is 15.4. The molecule has 0 atom stereocenters. The molecule has 3 aromatic rings. The van der Waals surface area contributed by atoms with Gasteiger partial charge in [-0.05, 0) is 35.2 Å². The van der Waals surface area contributed by atoms with Crippen LogP contribution in [-0.4, -0.2) is 22.3 Å². The van der Waals surface area contributed by atoms with E-state index < -0.39 is 0 Å². The Morgan fingerprint density at radius 1 is 1.32 bits per heavy atom. The van der Waals surface area contributed by atoms with E-state index in [0.717, 1.165) is 20.6 Å². The topological polar surface area (TPSA) is 70.1 Å². The molecule has 7 heteroatoms. The van der Waals surface area contributed by atoms with Crippen LogP contribution in [0.4, 0.5) is 0 Å². The summed E-state index contributed by atoms with van der Waals surface area (Å²) in [5, 5.41) is 12.8. The van der Waals surface area contributed by atoms with Crippen LogP contribution in [-0.2, 0) is 0 Å². The average molecular weight is 375 g/mol. The van der Waals surface area contributed by atoms with E-state index in [4.69, 9.17) is 0 Å². The van der Waals surface area contributed by atoms with Crippen molar-refractivity contribution in [2.45, 2.75) is 0 Å². The zero-order valence-electron chi connectivity index (χ0n) is 11.3. The van der Waals surface area contributed by atoms with Gasteiger partial charge in [-0.3, -0.25) is 9.89 Å². The first-order valence-electron chi connectivity index (χ1n) is 6.40. The number of rotatable bonds is 4. The van der Waals surface area contributed by atoms with Crippen molar-refractivity contribution in [2.24, 2.45) is 5.10 Å². The smallest absolute Gasteiger partial charge is 0.276 e. The van der Waals surface area contributed by atoms with Crippen LogP contribution in [0.15, 0.2) is 57.4 Å². The van der Waals surface area contributed by atoms with Crippen LogP contribution in [0.5, 0.6) is 0 Å². The maximum Gasteiger partial charge on any atom is 0.291 e. The molecule has 0 aliphatic rings. The summed E-state index contributed by atoms with van der Waals surface area (Å²) in [7, 11) is 0. The normalized spacial score (nSPS) is 11.0. The molecule has 2 heterocycles. The first-order valence-corrected chi connectivity index (χ1v) is 8.08. The summed E-state index contributed by atoms with van der Waals surface area (Å²) in [5.41, 5.74) is 4.46. The monoisotopic (exact) mass is 374 g/mol. The highest BCUT2D eigenvalue weighted by Gasteiger charge is 2.10. The fourth-order valence-electron chi connectivity index (χ4n) is 1.81.